The fourth-order valence-electron chi connectivity index (χ4n) is 3.64. The fraction of sp³-hybridized carbons (Fsp3) is 0.0455. The van der Waals surface area contributed by atoms with Gasteiger partial charge in [0, 0.05) is 18.2 Å². The molecule has 3 heteroatoms. The number of anilines is 2. The van der Waals surface area contributed by atoms with E-state index in [0.29, 0.717) is 0 Å². The number of nitrogens with zero attached hydrogens (tertiary/aromatic N) is 3. The molecule has 0 spiro atoms. The van der Waals surface area contributed by atoms with Crippen LogP contribution >= 0.6 is 0 Å². The second-order valence-electron chi connectivity index (χ2n) is 6.24. The van der Waals surface area contributed by atoms with Crippen LogP contribution in [0.15, 0.2) is 85.2 Å². The molecule has 2 heterocycles. The molecule has 120 valence electrons. The van der Waals surface area contributed by atoms with E-state index < -0.39 is 0 Å². The van der Waals surface area contributed by atoms with E-state index in [1.165, 1.54) is 16.9 Å². The summed E-state index contributed by atoms with van der Waals surface area (Å²) in [5.41, 5.74) is 7.98. The van der Waals surface area contributed by atoms with E-state index in [2.05, 4.69) is 89.3 Å². The Labute approximate surface area is 146 Å². The van der Waals surface area contributed by atoms with Crippen molar-refractivity contribution in [3.8, 4) is 28.2 Å². The largest absolute Gasteiger partial charge is 0.342 e. The first-order valence-electron chi connectivity index (χ1n) is 8.40. The molecule has 0 bridgehead atoms. The molecule has 0 N–H and O–H groups in total. The van der Waals surface area contributed by atoms with E-state index >= 15 is 0 Å². The zero-order valence-electron chi connectivity index (χ0n) is 13.9. The average molecular weight is 323 g/mol. The minimum atomic E-state index is 1.01. The summed E-state index contributed by atoms with van der Waals surface area (Å²) in [5.74, 6) is 0. The molecule has 1 aliphatic heterocycles. The monoisotopic (exact) mass is 323 g/mol. The number of aromatic nitrogens is 2. The number of hydrogen-bond donors (Lipinski definition) is 0. The second-order valence-corrected chi connectivity index (χ2v) is 6.24. The number of fused-ring (bicyclic) bond motifs is 5. The summed E-state index contributed by atoms with van der Waals surface area (Å²) < 4.78 is 2.21. The number of para-hydroxylation sites is 3. The van der Waals surface area contributed by atoms with Crippen LogP contribution in [0.1, 0.15) is 0 Å². The molecule has 3 nitrogen and oxygen atoms in total. The van der Waals surface area contributed by atoms with Gasteiger partial charge in [0.15, 0.2) is 0 Å². The molecule has 0 fully saturated rings. The third-order valence-corrected chi connectivity index (χ3v) is 4.84. The predicted molar refractivity (Wildman–Crippen MR) is 102 cm³/mol. The summed E-state index contributed by atoms with van der Waals surface area (Å²) in [4.78, 5) is 7.03. The van der Waals surface area contributed by atoms with Crippen molar-refractivity contribution in [2.75, 3.05) is 11.9 Å². The van der Waals surface area contributed by atoms with Crippen molar-refractivity contribution >= 4 is 11.4 Å². The van der Waals surface area contributed by atoms with Gasteiger partial charge in [-0.05, 0) is 18.2 Å². The normalized spacial score (nSPS) is 12.1. The smallest absolute Gasteiger partial charge is 0.101 e. The SMILES string of the molecule is CN1c2ccccc2-c2c(-c3ccccc3)ncn2-c2ccccc21. The molecule has 1 aliphatic rings. The molecule has 0 atom stereocenters. The van der Waals surface area contributed by atoms with Crippen LogP contribution in [-0.2, 0) is 0 Å². The zero-order chi connectivity index (χ0) is 16.8. The lowest BCUT2D eigenvalue weighted by atomic mass is 10.0. The molecule has 5 rings (SSSR count). The third-order valence-electron chi connectivity index (χ3n) is 4.84. The standard InChI is InChI=1S/C22H17N3/c1-24-18-12-6-5-11-17(18)22-21(16-9-3-2-4-10-16)23-15-25(22)20-14-8-7-13-19(20)24/h2-15H,1H3. The van der Waals surface area contributed by atoms with E-state index in [9.17, 15) is 0 Å². The van der Waals surface area contributed by atoms with Gasteiger partial charge in [0.25, 0.3) is 0 Å². The van der Waals surface area contributed by atoms with E-state index in [1.54, 1.807) is 0 Å². The molecule has 4 aromatic rings. The fourth-order valence-corrected chi connectivity index (χ4v) is 3.64. The van der Waals surface area contributed by atoms with Crippen LogP contribution < -0.4 is 4.90 Å². The van der Waals surface area contributed by atoms with Gasteiger partial charge in [-0.2, -0.15) is 0 Å². The van der Waals surface area contributed by atoms with Crippen LogP contribution in [-0.4, -0.2) is 16.6 Å². The Hall–Kier alpha value is -3.33. The molecule has 1 aromatic heterocycles. The zero-order valence-corrected chi connectivity index (χ0v) is 13.9. The number of rotatable bonds is 1. The predicted octanol–water partition coefficient (Wildman–Crippen LogP) is 5.29. The minimum Gasteiger partial charge on any atom is -0.342 e. The Balaban J connectivity index is 1.90. The van der Waals surface area contributed by atoms with Crippen molar-refractivity contribution in [1.29, 1.82) is 0 Å². The molecule has 0 unspecified atom stereocenters. The van der Waals surface area contributed by atoms with E-state index in [-0.39, 0.29) is 0 Å². The van der Waals surface area contributed by atoms with E-state index in [4.69, 9.17) is 4.98 Å². The summed E-state index contributed by atoms with van der Waals surface area (Å²) >= 11 is 0. The quantitative estimate of drug-likeness (QED) is 0.475. The Bertz CT molecular complexity index is 1060. The van der Waals surface area contributed by atoms with Gasteiger partial charge in [0.1, 0.15) is 6.33 Å². The van der Waals surface area contributed by atoms with Crippen LogP contribution in [0.25, 0.3) is 28.2 Å². The topological polar surface area (TPSA) is 21.1 Å². The molecule has 3 aromatic carbocycles. The van der Waals surface area contributed by atoms with Gasteiger partial charge in [0.05, 0.1) is 28.5 Å². The lowest BCUT2D eigenvalue weighted by Gasteiger charge is -2.21. The summed E-state index contributed by atoms with van der Waals surface area (Å²) in [7, 11) is 2.12. The number of imidazole rings is 1. The second kappa shape index (κ2) is 5.35. The molecule has 0 saturated heterocycles. The van der Waals surface area contributed by atoms with Crippen molar-refractivity contribution in [3.05, 3.63) is 85.2 Å². The highest BCUT2D eigenvalue weighted by molar-refractivity contribution is 5.92. The maximum Gasteiger partial charge on any atom is 0.101 e. The third kappa shape index (κ3) is 2.02. The highest BCUT2D eigenvalue weighted by Gasteiger charge is 2.25. The lowest BCUT2D eigenvalue weighted by Crippen LogP contribution is -2.10. The highest BCUT2D eigenvalue weighted by Crippen LogP contribution is 2.44. The van der Waals surface area contributed by atoms with Gasteiger partial charge in [-0.3, -0.25) is 4.57 Å². The molecular weight excluding hydrogens is 306 g/mol. The van der Waals surface area contributed by atoms with Gasteiger partial charge in [-0.25, -0.2) is 4.98 Å². The Morgan fingerprint density at radius 3 is 2.12 bits per heavy atom. The van der Waals surface area contributed by atoms with Crippen LogP contribution in [0.2, 0.25) is 0 Å². The average Bonchev–Trinajstić information content (AvgIpc) is 3.09. The van der Waals surface area contributed by atoms with Gasteiger partial charge < -0.3 is 4.90 Å². The van der Waals surface area contributed by atoms with E-state index in [1.807, 2.05) is 12.4 Å². The summed E-state index contributed by atoms with van der Waals surface area (Å²) in [5, 5.41) is 0. The number of hydrogen-bond acceptors (Lipinski definition) is 2. The maximum absolute atomic E-state index is 4.78. The molecule has 0 amide bonds. The van der Waals surface area contributed by atoms with Crippen molar-refractivity contribution in [2.45, 2.75) is 0 Å². The van der Waals surface area contributed by atoms with Crippen molar-refractivity contribution in [2.24, 2.45) is 0 Å². The first-order chi connectivity index (χ1) is 12.3. The Kier molecular flexibility index (Phi) is 3.01. The highest BCUT2D eigenvalue weighted by atomic mass is 15.2. The van der Waals surface area contributed by atoms with Gasteiger partial charge in [-0.1, -0.05) is 60.7 Å². The molecule has 0 radical (unpaired) electrons. The summed E-state index contributed by atoms with van der Waals surface area (Å²) in [6.07, 6.45) is 1.94. The Morgan fingerprint density at radius 1 is 0.680 bits per heavy atom. The molecular formula is C22H17N3. The molecule has 25 heavy (non-hydrogen) atoms. The Morgan fingerprint density at radius 2 is 1.32 bits per heavy atom. The van der Waals surface area contributed by atoms with Crippen molar-refractivity contribution < 1.29 is 0 Å². The maximum atomic E-state index is 4.78. The number of benzene rings is 3. The van der Waals surface area contributed by atoms with Crippen molar-refractivity contribution in [1.82, 2.24) is 9.55 Å². The first kappa shape index (κ1) is 14.1. The summed E-state index contributed by atoms with van der Waals surface area (Å²) in [6, 6.07) is 27.4. The minimum absolute atomic E-state index is 1.01. The van der Waals surface area contributed by atoms with Gasteiger partial charge >= 0.3 is 0 Å². The molecule has 0 aliphatic carbocycles. The van der Waals surface area contributed by atoms with E-state index in [0.717, 1.165) is 22.6 Å². The lowest BCUT2D eigenvalue weighted by molar-refractivity contribution is 1.06. The van der Waals surface area contributed by atoms with Crippen molar-refractivity contribution in [3.63, 3.8) is 0 Å². The van der Waals surface area contributed by atoms with Crippen LogP contribution in [0.3, 0.4) is 0 Å². The summed E-state index contributed by atoms with van der Waals surface area (Å²) in [6.45, 7) is 0. The van der Waals surface area contributed by atoms with Crippen LogP contribution in [0.4, 0.5) is 11.4 Å². The molecule has 0 saturated carbocycles. The van der Waals surface area contributed by atoms with Crippen LogP contribution in [0.5, 0.6) is 0 Å². The van der Waals surface area contributed by atoms with Crippen LogP contribution in [0, 0.1) is 0 Å². The van der Waals surface area contributed by atoms with Gasteiger partial charge in [0.2, 0.25) is 0 Å². The van der Waals surface area contributed by atoms with Gasteiger partial charge in [-0.15, -0.1) is 0 Å². The first-order valence-corrected chi connectivity index (χ1v) is 8.40.